The highest BCUT2D eigenvalue weighted by molar-refractivity contribution is 5.99. The van der Waals surface area contributed by atoms with Crippen molar-refractivity contribution in [1.82, 2.24) is 14.7 Å². The highest BCUT2D eigenvalue weighted by Crippen LogP contribution is 2.24. The van der Waals surface area contributed by atoms with Gasteiger partial charge in [0.25, 0.3) is 0 Å². The van der Waals surface area contributed by atoms with Crippen LogP contribution < -0.4 is 10.6 Å². The van der Waals surface area contributed by atoms with Crippen LogP contribution in [-0.2, 0) is 9.59 Å². The Balaban J connectivity index is 1.42. The van der Waals surface area contributed by atoms with Crippen molar-refractivity contribution in [3.8, 4) is 0 Å². The Hall–Kier alpha value is -4.39. The van der Waals surface area contributed by atoms with Crippen LogP contribution in [0, 0.1) is 5.82 Å². The maximum Gasteiger partial charge on any atom is 0.344 e. The number of likely N-dealkylation sites (tertiary alicyclic amines) is 1. The van der Waals surface area contributed by atoms with Crippen LogP contribution in [0.25, 0.3) is 5.70 Å². The number of hydrogen-bond donors (Lipinski definition) is 3. The number of carbonyl (C=O) groups is 3. The zero-order valence-corrected chi connectivity index (χ0v) is 19.2. The molecule has 180 valence electrons. The van der Waals surface area contributed by atoms with Crippen LogP contribution >= 0.6 is 0 Å². The molecule has 1 aromatic carbocycles. The van der Waals surface area contributed by atoms with Gasteiger partial charge in [0.2, 0.25) is 5.91 Å². The molecular weight excluding hydrogens is 453 g/mol. The SMILES string of the molecule is CC(C)c1ccc(NC(=O)N2CCC[C@@H]2C(=O)Nc2ccn(C3=C=C=C(C(=O)O)C=C3)n2)cc1F. The minimum Gasteiger partial charge on any atom is -0.477 e. The van der Waals surface area contributed by atoms with Gasteiger partial charge >= 0.3 is 12.0 Å². The molecule has 1 aliphatic carbocycles. The predicted molar refractivity (Wildman–Crippen MR) is 127 cm³/mol. The summed E-state index contributed by atoms with van der Waals surface area (Å²) in [4.78, 5) is 38.1. The lowest BCUT2D eigenvalue weighted by Crippen LogP contribution is -2.45. The summed E-state index contributed by atoms with van der Waals surface area (Å²) in [6.07, 6.45) is 5.63. The molecule has 2 aliphatic rings. The van der Waals surface area contributed by atoms with Crippen molar-refractivity contribution in [2.75, 3.05) is 17.2 Å². The fraction of sp³-hybridized carbons (Fsp3) is 0.280. The lowest BCUT2D eigenvalue weighted by Gasteiger charge is -2.24. The number of carboxylic acid groups (broad SMARTS) is 1. The molecule has 1 fully saturated rings. The number of anilines is 2. The molecule has 3 amide bonds. The maximum atomic E-state index is 14.3. The number of carbonyl (C=O) groups excluding carboxylic acids is 2. The molecule has 1 aromatic heterocycles. The Labute approximate surface area is 200 Å². The molecule has 4 rings (SSSR count). The monoisotopic (exact) mass is 477 g/mol. The Morgan fingerprint density at radius 2 is 1.97 bits per heavy atom. The number of nitrogens with one attached hydrogen (secondary N) is 2. The second-order valence-corrected chi connectivity index (χ2v) is 8.49. The molecule has 0 unspecified atom stereocenters. The average molecular weight is 477 g/mol. The van der Waals surface area contributed by atoms with Gasteiger partial charge in [-0.2, -0.15) is 0 Å². The van der Waals surface area contributed by atoms with Gasteiger partial charge in [0.05, 0.1) is 0 Å². The minimum absolute atomic E-state index is 0.0207. The number of urea groups is 1. The first kappa shape index (κ1) is 23.8. The summed E-state index contributed by atoms with van der Waals surface area (Å²) in [6.45, 7) is 4.17. The molecule has 1 saturated heterocycles. The van der Waals surface area contributed by atoms with E-state index < -0.39 is 23.9 Å². The summed E-state index contributed by atoms with van der Waals surface area (Å²) in [6, 6.07) is 4.97. The minimum atomic E-state index is -1.11. The molecule has 2 heterocycles. The van der Waals surface area contributed by atoms with Gasteiger partial charge in [-0.25, -0.2) is 18.7 Å². The quantitative estimate of drug-likeness (QED) is 0.545. The van der Waals surface area contributed by atoms with Crippen molar-refractivity contribution < 1.29 is 23.9 Å². The number of allylic oxidation sites excluding steroid dienone is 2. The topological polar surface area (TPSA) is 117 Å². The van der Waals surface area contributed by atoms with E-state index in [0.717, 1.165) is 0 Å². The van der Waals surface area contributed by atoms with Gasteiger partial charge in [0, 0.05) is 24.5 Å². The van der Waals surface area contributed by atoms with Gasteiger partial charge in [-0.05, 0) is 54.3 Å². The Morgan fingerprint density at radius 1 is 1.17 bits per heavy atom. The number of halogens is 1. The highest BCUT2D eigenvalue weighted by Gasteiger charge is 2.34. The van der Waals surface area contributed by atoms with Crippen LogP contribution in [-0.4, -0.2) is 50.3 Å². The molecule has 9 nitrogen and oxygen atoms in total. The normalized spacial score (nSPS) is 16.8. The van der Waals surface area contributed by atoms with E-state index >= 15 is 0 Å². The third kappa shape index (κ3) is 5.24. The maximum absolute atomic E-state index is 14.3. The fourth-order valence-electron chi connectivity index (χ4n) is 3.92. The molecule has 1 aliphatic heterocycles. The number of nitrogens with zero attached hydrogens (tertiary/aromatic N) is 3. The summed E-state index contributed by atoms with van der Waals surface area (Å²) in [7, 11) is 0. The molecule has 0 saturated carbocycles. The third-order valence-electron chi connectivity index (χ3n) is 5.74. The van der Waals surface area contributed by atoms with Crippen molar-refractivity contribution in [3.05, 3.63) is 71.0 Å². The summed E-state index contributed by atoms with van der Waals surface area (Å²) < 4.78 is 15.7. The molecular formula is C25H24FN5O4. The number of benzene rings is 1. The van der Waals surface area contributed by atoms with E-state index in [1.807, 2.05) is 13.8 Å². The van der Waals surface area contributed by atoms with Crippen LogP contribution in [0.1, 0.15) is 38.2 Å². The second kappa shape index (κ2) is 9.85. The first-order valence-corrected chi connectivity index (χ1v) is 11.1. The van der Waals surface area contributed by atoms with Crippen molar-refractivity contribution in [3.63, 3.8) is 0 Å². The van der Waals surface area contributed by atoms with Crippen LogP contribution in [0.4, 0.5) is 20.7 Å². The number of rotatable bonds is 6. The largest absolute Gasteiger partial charge is 0.477 e. The predicted octanol–water partition coefficient (Wildman–Crippen LogP) is 3.96. The van der Waals surface area contributed by atoms with Gasteiger partial charge in [-0.1, -0.05) is 25.6 Å². The number of carboxylic acids is 1. The molecule has 35 heavy (non-hydrogen) atoms. The van der Waals surface area contributed by atoms with Crippen molar-refractivity contribution in [2.45, 2.75) is 38.6 Å². The lowest BCUT2D eigenvalue weighted by atomic mass is 10.0. The van der Waals surface area contributed by atoms with E-state index in [1.54, 1.807) is 24.4 Å². The zero-order chi connectivity index (χ0) is 25.1. The van der Waals surface area contributed by atoms with E-state index in [9.17, 15) is 18.8 Å². The number of hydrogen-bond acceptors (Lipinski definition) is 4. The molecule has 1 atom stereocenters. The van der Waals surface area contributed by atoms with Gasteiger partial charge in [-0.15, -0.1) is 5.10 Å². The lowest BCUT2D eigenvalue weighted by molar-refractivity contribution is -0.132. The van der Waals surface area contributed by atoms with E-state index in [1.165, 1.54) is 27.8 Å². The molecule has 0 radical (unpaired) electrons. The Morgan fingerprint density at radius 3 is 2.63 bits per heavy atom. The Kier molecular flexibility index (Phi) is 6.68. The van der Waals surface area contributed by atoms with Crippen molar-refractivity contribution >= 4 is 35.1 Å². The van der Waals surface area contributed by atoms with Crippen LogP contribution in [0.5, 0.6) is 0 Å². The van der Waals surface area contributed by atoms with E-state index in [0.29, 0.717) is 36.3 Å². The molecule has 2 aromatic rings. The van der Waals surface area contributed by atoms with Gasteiger partial charge in [0.15, 0.2) is 5.82 Å². The molecule has 0 spiro atoms. The van der Waals surface area contributed by atoms with E-state index in [4.69, 9.17) is 5.11 Å². The summed E-state index contributed by atoms with van der Waals surface area (Å²) in [5, 5.41) is 18.6. The van der Waals surface area contributed by atoms with Crippen molar-refractivity contribution in [1.29, 1.82) is 0 Å². The van der Waals surface area contributed by atoms with E-state index in [2.05, 4.69) is 27.2 Å². The smallest absolute Gasteiger partial charge is 0.344 e. The van der Waals surface area contributed by atoms with Gasteiger partial charge in [0.1, 0.15) is 23.1 Å². The average Bonchev–Trinajstić information content (AvgIpc) is 3.49. The van der Waals surface area contributed by atoms with Crippen LogP contribution in [0.3, 0.4) is 0 Å². The van der Waals surface area contributed by atoms with Crippen LogP contribution in [0.2, 0.25) is 0 Å². The summed E-state index contributed by atoms with van der Waals surface area (Å²) in [5.74, 6) is -1.60. The highest BCUT2D eigenvalue weighted by atomic mass is 19.1. The fourth-order valence-corrected chi connectivity index (χ4v) is 3.92. The second-order valence-electron chi connectivity index (χ2n) is 8.49. The van der Waals surface area contributed by atoms with E-state index in [-0.39, 0.29) is 23.2 Å². The first-order chi connectivity index (χ1) is 16.7. The molecule has 0 bridgehead atoms. The molecule has 10 heteroatoms. The van der Waals surface area contributed by atoms with Gasteiger partial charge < -0.3 is 20.6 Å². The molecule has 3 N–H and O–H groups in total. The summed E-state index contributed by atoms with van der Waals surface area (Å²) in [5.41, 5.74) is 6.56. The number of amides is 3. The number of aromatic nitrogens is 2. The zero-order valence-electron chi connectivity index (χ0n) is 19.2. The summed E-state index contributed by atoms with van der Waals surface area (Å²) >= 11 is 0. The van der Waals surface area contributed by atoms with Gasteiger partial charge in [-0.3, -0.25) is 4.79 Å². The Bertz CT molecular complexity index is 1330. The standard InChI is InChI=1S/C25H24FN5O4/c1-15(2)19-10-7-17(14-20(19)26)27-25(35)30-12-3-4-21(30)23(32)28-22-11-13-31(29-22)18-8-5-16(6-9-18)24(33)34/h5,7-8,10-11,13-15,21H,3-4,12H2,1-2H3,(H,27,35)(H,33,34)(H,28,29,32)/t21-/m1/s1. The van der Waals surface area contributed by atoms with Crippen molar-refractivity contribution in [2.24, 2.45) is 0 Å². The van der Waals surface area contributed by atoms with Crippen LogP contribution in [0.15, 0.2) is 59.6 Å². The first-order valence-electron chi connectivity index (χ1n) is 11.1. The number of aliphatic carboxylic acids is 1. The third-order valence-corrected chi connectivity index (χ3v) is 5.74.